The molecule has 0 fully saturated rings. The van der Waals surface area contributed by atoms with Crippen molar-refractivity contribution in [1.29, 1.82) is 0 Å². The van der Waals surface area contributed by atoms with Crippen molar-refractivity contribution >= 4 is 17.5 Å². The minimum Gasteiger partial charge on any atom is -0.377 e. The third-order valence-electron chi connectivity index (χ3n) is 1.59. The number of carbonyl (C=O) groups excluding carboxylic acids is 1. The van der Waals surface area contributed by atoms with Crippen LogP contribution in [-0.2, 0) is 9.53 Å². The molecule has 0 radical (unpaired) electrons. The Balaban J connectivity index is 2.57. The minimum absolute atomic E-state index is 0.00999. The van der Waals surface area contributed by atoms with Gasteiger partial charge in [-0.2, -0.15) is 0 Å². The molecule has 82 valence electrons. The van der Waals surface area contributed by atoms with Crippen molar-refractivity contribution in [2.24, 2.45) is 0 Å². The number of hydrogen-bond acceptors (Lipinski definition) is 3. The van der Waals surface area contributed by atoms with Gasteiger partial charge in [0.2, 0.25) is 0 Å². The fraction of sp³-hybridized carbons (Fsp3) is 0.300. The van der Waals surface area contributed by atoms with Gasteiger partial charge in [0.05, 0.1) is 5.75 Å². The molecule has 0 bridgehead atoms. The van der Waals surface area contributed by atoms with E-state index in [1.807, 2.05) is 0 Å². The molecule has 1 aromatic rings. The zero-order valence-corrected chi connectivity index (χ0v) is 8.94. The molecule has 0 atom stereocenters. The molecule has 0 saturated heterocycles. The first-order chi connectivity index (χ1) is 7.13. The van der Waals surface area contributed by atoms with Crippen molar-refractivity contribution in [3.63, 3.8) is 0 Å². The molecule has 0 aromatic heterocycles. The van der Waals surface area contributed by atoms with Crippen LogP contribution < -0.4 is 0 Å². The molecule has 0 unspecified atom stereocenters. The minimum atomic E-state index is -0.522. The summed E-state index contributed by atoms with van der Waals surface area (Å²) in [4.78, 5) is 11.2. The second-order valence-corrected chi connectivity index (χ2v) is 3.85. The molecule has 2 nitrogen and oxygen atoms in total. The number of halogens is 2. The van der Waals surface area contributed by atoms with E-state index in [9.17, 15) is 13.6 Å². The SMILES string of the molecule is COCC(=O)CSc1cc(F)ccc1F. The number of benzene rings is 1. The van der Waals surface area contributed by atoms with Crippen LogP contribution in [0.25, 0.3) is 0 Å². The number of carbonyl (C=O) groups is 1. The number of hydrogen-bond donors (Lipinski definition) is 0. The van der Waals surface area contributed by atoms with Gasteiger partial charge >= 0.3 is 0 Å². The number of ketones is 1. The highest BCUT2D eigenvalue weighted by Gasteiger charge is 2.07. The molecule has 0 amide bonds. The standard InChI is InChI=1S/C10H10F2O2S/c1-14-5-8(13)6-15-10-4-7(11)2-3-9(10)12/h2-4H,5-6H2,1H3. The third kappa shape index (κ3) is 3.97. The van der Waals surface area contributed by atoms with Gasteiger partial charge in [-0.05, 0) is 18.2 Å². The van der Waals surface area contributed by atoms with E-state index in [1.54, 1.807) is 0 Å². The summed E-state index contributed by atoms with van der Waals surface area (Å²) in [5.41, 5.74) is 0. The van der Waals surface area contributed by atoms with E-state index in [0.29, 0.717) is 0 Å². The maximum Gasteiger partial charge on any atom is 0.168 e. The summed E-state index contributed by atoms with van der Waals surface area (Å²) in [5.74, 6) is -1.12. The molecule has 0 spiro atoms. The molecule has 0 aliphatic heterocycles. The van der Waals surface area contributed by atoms with E-state index in [1.165, 1.54) is 7.11 Å². The zero-order chi connectivity index (χ0) is 11.3. The highest BCUT2D eigenvalue weighted by Crippen LogP contribution is 2.22. The largest absolute Gasteiger partial charge is 0.377 e. The molecule has 0 aliphatic rings. The van der Waals surface area contributed by atoms with Gasteiger partial charge in [0.25, 0.3) is 0 Å². The van der Waals surface area contributed by atoms with Crippen molar-refractivity contribution < 1.29 is 18.3 Å². The monoisotopic (exact) mass is 232 g/mol. The molecule has 1 aromatic carbocycles. The highest BCUT2D eigenvalue weighted by atomic mass is 32.2. The maximum absolute atomic E-state index is 13.1. The van der Waals surface area contributed by atoms with Crippen LogP contribution in [0.15, 0.2) is 23.1 Å². The lowest BCUT2D eigenvalue weighted by atomic mass is 10.3. The molecule has 1 rings (SSSR count). The van der Waals surface area contributed by atoms with E-state index in [-0.39, 0.29) is 23.0 Å². The lowest BCUT2D eigenvalue weighted by molar-refractivity contribution is -0.120. The number of thioether (sulfide) groups is 1. The second kappa shape index (κ2) is 5.82. The predicted molar refractivity (Wildman–Crippen MR) is 54.0 cm³/mol. The molecular weight excluding hydrogens is 222 g/mol. The van der Waals surface area contributed by atoms with E-state index < -0.39 is 11.6 Å². The van der Waals surface area contributed by atoms with E-state index >= 15 is 0 Å². The molecule has 0 heterocycles. The summed E-state index contributed by atoms with van der Waals surface area (Å²) < 4.78 is 30.4. The summed E-state index contributed by atoms with van der Waals surface area (Å²) in [5, 5.41) is 0. The molecule has 0 aliphatic carbocycles. The fourth-order valence-electron chi connectivity index (χ4n) is 0.949. The van der Waals surface area contributed by atoms with Gasteiger partial charge in [-0.3, -0.25) is 4.79 Å². The van der Waals surface area contributed by atoms with Crippen molar-refractivity contribution in [3.05, 3.63) is 29.8 Å². The topological polar surface area (TPSA) is 26.3 Å². The van der Waals surface area contributed by atoms with Gasteiger partial charge in [0.15, 0.2) is 5.78 Å². The van der Waals surface area contributed by atoms with Gasteiger partial charge in [-0.1, -0.05) is 0 Å². The zero-order valence-electron chi connectivity index (χ0n) is 8.13. The van der Waals surface area contributed by atoms with Crippen molar-refractivity contribution in [3.8, 4) is 0 Å². The van der Waals surface area contributed by atoms with Crippen LogP contribution in [-0.4, -0.2) is 25.3 Å². The Hall–Kier alpha value is -0.940. The summed E-state index contributed by atoms with van der Waals surface area (Å²) in [7, 11) is 1.41. The number of Topliss-reactive ketones (excluding diaryl/α,β-unsaturated/α-hetero) is 1. The number of rotatable bonds is 5. The molecule has 0 N–H and O–H groups in total. The van der Waals surface area contributed by atoms with Gasteiger partial charge in [0, 0.05) is 12.0 Å². The van der Waals surface area contributed by atoms with Gasteiger partial charge in [-0.15, -0.1) is 11.8 Å². The number of methoxy groups -OCH3 is 1. The van der Waals surface area contributed by atoms with Crippen LogP contribution in [0.2, 0.25) is 0 Å². The van der Waals surface area contributed by atoms with E-state index in [2.05, 4.69) is 4.74 Å². The summed E-state index contributed by atoms with van der Waals surface area (Å²) in [6, 6.07) is 3.15. The van der Waals surface area contributed by atoms with Crippen LogP contribution in [0.4, 0.5) is 8.78 Å². The summed E-state index contributed by atoms with van der Waals surface area (Å²) in [6.45, 7) is -0.00999. The Morgan fingerprint density at radius 2 is 2.20 bits per heavy atom. The Labute approximate surface area is 90.6 Å². The third-order valence-corrected chi connectivity index (χ3v) is 2.68. The lowest BCUT2D eigenvalue weighted by Crippen LogP contribution is -2.09. The molecule has 15 heavy (non-hydrogen) atoms. The van der Waals surface area contributed by atoms with Crippen LogP contribution in [0.5, 0.6) is 0 Å². The highest BCUT2D eigenvalue weighted by molar-refractivity contribution is 8.00. The smallest absolute Gasteiger partial charge is 0.168 e. The first kappa shape index (κ1) is 12.1. The molecular formula is C10H10F2O2S. The molecule has 0 saturated carbocycles. The van der Waals surface area contributed by atoms with Crippen molar-refractivity contribution in [2.75, 3.05) is 19.5 Å². The normalized spacial score (nSPS) is 10.3. The summed E-state index contributed by atoms with van der Waals surface area (Å²) >= 11 is 0.965. The number of ether oxygens (including phenoxy) is 1. The average Bonchev–Trinajstić information content (AvgIpc) is 2.20. The Bertz CT molecular complexity index is 355. The Morgan fingerprint density at radius 3 is 2.87 bits per heavy atom. The van der Waals surface area contributed by atoms with Crippen LogP contribution >= 0.6 is 11.8 Å². The van der Waals surface area contributed by atoms with E-state index in [0.717, 1.165) is 30.0 Å². The van der Waals surface area contributed by atoms with Crippen LogP contribution in [0.1, 0.15) is 0 Å². The average molecular weight is 232 g/mol. The van der Waals surface area contributed by atoms with Crippen molar-refractivity contribution in [2.45, 2.75) is 4.90 Å². The first-order valence-electron chi connectivity index (χ1n) is 4.22. The first-order valence-corrected chi connectivity index (χ1v) is 5.20. The van der Waals surface area contributed by atoms with Crippen LogP contribution in [0, 0.1) is 11.6 Å². The van der Waals surface area contributed by atoms with E-state index in [4.69, 9.17) is 0 Å². The van der Waals surface area contributed by atoms with Gasteiger partial charge in [0.1, 0.15) is 18.2 Å². The quantitative estimate of drug-likeness (QED) is 0.728. The predicted octanol–water partition coefficient (Wildman–Crippen LogP) is 2.27. The fourth-order valence-corrected chi connectivity index (χ4v) is 1.75. The van der Waals surface area contributed by atoms with Crippen LogP contribution in [0.3, 0.4) is 0 Å². The Morgan fingerprint density at radius 1 is 1.47 bits per heavy atom. The Kier molecular flexibility index (Phi) is 4.71. The second-order valence-electron chi connectivity index (χ2n) is 2.84. The lowest BCUT2D eigenvalue weighted by Gasteiger charge is -2.02. The maximum atomic E-state index is 13.1. The van der Waals surface area contributed by atoms with Gasteiger partial charge in [-0.25, -0.2) is 8.78 Å². The van der Waals surface area contributed by atoms with Gasteiger partial charge < -0.3 is 4.74 Å². The molecule has 5 heteroatoms. The summed E-state index contributed by atoms with van der Waals surface area (Å²) in [6.07, 6.45) is 0. The van der Waals surface area contributed by atoms with Crippen molar-refractivity contribution in [1.82, 2.24) is 0 Å².